The van der Waals surface area contributed by atoms with Crippen LogP contribution in [-0.4, -0.2) is 57.9 Å². The quantitative estimate of drug-likeness (QED) is 0.246. The average molecular weight is 746 g/mol. The number of thiophene rings is 1. The smallest absolute Gasteiger partial charge is 0.410 e. The Hall–Kier alpha value is -1.96. The second kappa shape index (κ2) is 13.9. The predicted molar refractivity (Wildman–Crippen MR) is 211 cm³/mol. The highest BCUT2D eigenvalue weighted by atomic mass is 32.1. The molecule has 0 aromatic carbocycles. The summed E-state index contributed by atoms with van der Waals surface area (Å²) in [7, 11) is 0. The molecule has 1 aromatic rings. The molecule has 1 heterocycles. The molecule has 5 saturated carbocycles. The number of fused-ring (bicyclic) bond motifs is 1. The first-order valence-corrected chi connectivity index (χ1v) is 22.5. The summed E-state index contributed by atoms with van der Waals surface area (Å²) in [6, 6.07) is 4.20. The molecule has 0 saturated heterocycles. The topological polar surface area (TPSA) is 87.1 Å². The third-order valence-electron chi connectivity index (χ3n) is 17.1. The average Bonchev–Trinajstić information content (AvgIpc) is 3.75. The zero-order valence-corrected chi connectivity index (χ0v) is 34.1. The zero-order valence-electron chi connectivity index (χ0n) is 33.3. The minimum absolute atomic E-state index is 0.0417. The summed E-state index contributed by atoms with van der Waals surface area (Å²) in [5, 5.41) is 26.4. The van der Waals surface area contributed by atoms with E-state index in [2.05, 4.69) is 70.4 Å². The molecule has 7 heteroatoms. The maximum atomic E-state index is 15.0. The SMILES string of the molecule is CC(C)[C@H]1CC[C@H](C)C[C@@H]1OC(=O)N(CCc1cccs1)C[C@]1(O)CC[C@H]2[C@]34C=C[C@@]5(C=C3C(=O)C3CCCCC3)CC(O)CC[C@]5(C)[C@H]4CC[C@@]21C. The largest absolute Gasteiger partial charge is 0.446 e. The highest BCUT2D eigenvalue weighted by Gasteiger charge is 2.74. The molecule has 1 aromatic heterocycles. The van der Waals surface area contributed by atoms with E-state index in [0.717, 1.165) is 82.6 Å². The Balaban J connectivity index is 1.13. The minimum atomic E-state index is -1.11. The van der Waals surface area contributed by atoms with Crippen molar-refractivity contribution < 1.29 is 24.5 Å². The molecule has 9 rings (SSSR count). The van der Waals surface area contributed by atoms with Crippen LogP contribution in [0.3, 0.4) is 0 Å². The van der Waals surface area contributed by atoms with Gasteiger partial charge in [-0.3, -0.25) is 4.79 Å². The molecule has 0 aliphatic heterocycles. The van der Waals surface area contributed by atoms with Gasteiger partial charge < -0.3 is 19.8 Å². The van der Waals surface area contributed by atoms with Crippen LogP contribution in [0.25, 0.3) is 0 Å². The Bertz CT molecular complexity index is 1600. The Kier molecular flexibility index (Phi) is 9.95. The van der Waals surface area contributed by atoms with Crippen molar-refractivity contribution in [2.24, 2.45) is 57.2 Å². The molecule has 2 N–H and O–H groups in total. The lowest BCUT2D eigenvalue weighted by atomic mass is 9.32. The van der Waals surface area contributed by atoms with Gasteiger partial charge in [-0.15, -0.1) is 11.3 Å². The first-order valence-electron chi connectivity index (χ1n) is 21.6. The lowest BCUT2D eigenvalue weighted by molar-refractivity contribution is -0.179. The van der Waals surface area contributed by atoms with Gasteiger partial charge in [-0.25, -0.2) is 4.79 Å². The van der Waals surface area contributed by atoms with E-state index in [1.54, 1.807) is 11.3 Å². The number of rotatable bonds is 9. The first-order chi connectivity index (χ1) is 25.3. The van der Waals surface area contributed by atoms with Crippen molar-refractivity contribution in [2.45, 2.75) is 155 Å². The molecule has 0 radical (unpaired) electrons. The van der Waals surface area contributed by atoms with E-state index in [1.165, 1.54) is 17.7 Å². The van der Waals surface area contributed by atoms with Gasteiger partial charge in [-0.2, -0.15) is 0 Å². The molecule has 2 bridgehead atoms. The van der Waals surface area contributed by atoms with Crippen molar-refractivity contribution in [2.75, 3.05) is 13.1 Å². The van der Waals surface area contributed by atoms with Crippen LogP contribution in [0.2, 0.25) is 0 Å². The molecular weight excluding hydrogens is 679 g/mol. The first kappa shape index (κ1) is 37.9. The molecule has 1 unspecified atom stereocenters. The lowest BCUT2D eigenvalue weighted by Gasteiger charge is -2.71. The van der Waals surface area contributed by atoms with Gasteiger partial charge in [-0.05, 0) is 124 Å². The molecule has 292 valence electrons. The van der Waals surface area contributed by atoms with Gasteiger partial charge in [0.1, 0.15) is 6.10 Å². The third kappa shape index (κ3) is 5.97. The summed E-state index contributed by atoms with van der Waals surface area (Å²) < 4.78 is 6.52. The highest BCUT2D eigenvalue weighted by Crippen LogP contribution is 2.78. The van der Waals surface area contributed by atoms with Crippen LogP contribution >= 0.6 is 11.3 Å². The Labute approximate surface area is 323 Å². The van der Waals surface area contributed by atoms with Gasteiger partial charge in [0.15, 0.2) is 5.78 Å². The Morgan fingerprint density at radius 2 is 1.70 bits per heavy atom. The van der Waals surface area contributed by atoms with Crippen LogP contribution in [0.15, 0.2) is 41.3 Å². The molecule has 11 atom stereocenters. The molecular formula is C46H67NO5S. The summed E-state index contributed by atoms with van der Waals surface area (Å²) in [6.45, 7) is 12.3. The number of aliphatic hydroxyl groups is 2. The fraction of sp³-hybridized carbons (Fsp3) is 0.783. The van der Waals surface area contributed by atoms with Crippen LogP contribution < -0.4 is 0 Å². The summed E-state index contributed by atoms with van der Waals surface area (Å²) >= 11 is 1.72. The van der Waals surface area contributed by atoms with E-state index in [1.807, 2.05) is 4.90 Å². The number of aliphatic hydroxyl groups excluding tert-OH is 1. The number of carbonyl (C=O) groups excluding carboxylic acids is 2. The van der Waals surface area contributed by atoms with Crippen molar-refractivity contribution in [3.63, 3.8) is 0 Å². The third-order valence-corrected chi connectivity index (χ3v) is 18.0. The monoisotopic (exact) mass is 745 g/mol. The molecule has 2 spiro atoms. The van der Waals surface area contributed by atoms with Crippen LogP contribution in [0, 0.1) is 57.2 Å². The number of carbonyl (C=O) groups is 2. The summed E-state index contributed by atoms with van der Waals surface area (Å²) in [4.78, 5) is 32.5. The van der Waals surface area contributed by atoms with E-state index < -0.39 is 16.4 Å². The number of Topliss-reactive ketones (excluding diaryl/α,β-unsaturated/α-hetero) is 1. The lowest BCUT2D eigenvalue weighted by Crippen LogP contribution is -2.67. The Morgan fingerprint density at radius 1 is 0.962 bits per heavy atom. The molecule has 6 nitrogen and oxygen atoms in total. The van der Waals surface area contributed by atoms with Gasteiger partial charge in [0.25, 0.3) is 0 Å². The summed E-state index contributed by atoms with van der Waals surface area (Å²) in [6.07, 6.45) is 21.5. The normalized spacial score (nSPS) is 43.5. The number of ketones is 1. The molecule has 8 aliphatic carbocycles. The zero-order chi connectivity index (χ0) is 37.4. The van der Waals surface area contributed by atoms with Gasteiger partial charge in [-0.1, -0.05) is 84.6 Å². The molecule has 8 aliphatic rings. The number of amides is 1. The number of allylic oxidation sites excluding steroid dienone is 4. The van der Waals surface area contributed by atoms with Crippen LogP contribution in [0.5, 0.6) is 0 Å². The van der Waals surface area contributed by atoms with Crippen LogP contribution in [0.4, 0.5) is 4.79 Å². The number of hydrogen-bond donors (Lipinski definition) is 2. The number of hydrogen-bond acceptors (Lipinski definition) is 6. The van der Waals surface area contributed by atoms with Gasteiger partial charge in [0.2, 0.25) is 0 Å². The second-order valence-corrected chi connectivity index (χ2v) is 21.0. The van der Waals surface area contributed by atoms with E-state index in [9.17, 15) is 19.8 Å². The van der Waals surface area contributed by atoms with E-state index in [4.69, 9.17) is 4.74 Å². The second-order valence-electron chi connectivity index (χ2n) is 20.0. The maximum absolute atomic E-state index is 15.0. The summed E-state index contributed by atoms with van der Waals surface area (Å²) in [5.74, 6) is 2.13. The number of nitrogens with zero attached hydrogens (tertiary/aromatic N) is 1. The fourth-order valence-electron chi connectivity index (χ4n) is 13.9. The molecule has 5 fully saturated rings. The predicted octanol–water partition coefficient (Wildman–Crippen LogP) is 9.93. The minimum Gasteiger partial charge on any atom is -0.446 e. The van der Waals surface area contributed by atoms with E-state index in [-0.39, 0.29) is 47.5 Å². The molecule has 1 amide bonds. The Morgan fingerprint density at radius 3 is 2.43 bits per heavy atom. The van der Waals surface area contributed by atoms with E-state index >= 15 is 0 Å². The van der Waals surface area contributed by atoms with Crippen molar-refractivity contribution in [1.29, 1.82) is 0 Å². The van der Waals surface area contributed by atoms with Crippen molar-refractivity contribution >= 4 is 23.2 Å². The van der Waals surface area contributed by atoms with Crippen LogP contribution in [0.1, 0.15) is 136 Å². The van der Waals surface area contributed by atoms with Crippen molar-refractivity contribution in [3.05, 3.63) is 46.2 Å². The van der Waals surface area contributed by atoms with E-state index in [0.29, 0.717) is 48.8 Å². The summed E-state index contributed by atoms with van der Waals surface area (Å²) in [5.41, 5.74) is -1.35. The standard InChI is InChI=1S/C46H67NO5S/c1-30(2)35-14-13-31(3)26-37(35)52-41(50)47(24-18-34-12-9-25-53-34)29-45(51)21-17-39-43(45,5)20-16-38-42(4)19-15-33(48)27-44(42)22-23-46(38,39)36(28-44)40(49)32-10-7-6-8-11-32/h9,12,22-23,25,28,30-33,35,37-39,48,51H,6-8,10-11,13-21,24,26-27,29H2,1-5H3/t31-,33?,35+,37-,38+,39+,42+,43-,44-,45+,46+/m0/s1. The molecule has 53 heavy (non-hydrogen) atoms. The number of ether oxygens (including phenoxy) is 1. The maximum Gasteiger partial charge on any atom is 0.410 e. The van der Waals surface area contributed by atoms with Gasteiger partial charge in [0.05, 0.1) is 18.2 Å². The van der Waals surface area contributed by atoms with Crippen molar-refractivity contribution in [1.82, 2.24) is 4.90 Å². The van der Waals surface area contributed by atoms with Gasteiger partial charge >= 0.3 is 6.09 Å². The van der Waals surface area contributed by atoms with Crippen LogP contribution in [-0.2, 0) is 16.0 Å². The fourth-order valence-corrected chi connectivity index (χ4v) is 14.6. The van der Waals surface area contributed by atoms with Gasteiger partial charge in [0, 0.05) is 39.2 Å². The van der Waals surface area contributed by atoms with Crippen molar-refractivity contribution in [3.8, 4) is 0 Å². The highest BCUT2D eigenvalue weighted by molar-refractivity contribution is 7.09.